The summed E-state index contributed by atoms with van der Waals surface area (Å²) in [6.07, 6.45) is 1.69. The molecule has 28 heavy (non-hydrogen) atoms. The zero-order valence-electron chi connectivity index (χ0n) is 15.7. The Morgan fingerprint density at radius 3 is 2.96 bits per heavy atom. The van der Waals surface area contributed by atoms with Crippen molar-refractivity contribution in [1.82, 2.24) is 14.7 Å². The van der Waals surface area contributed by atoms with Crippen LogP contribution >= 0.6 is 0 Å². The van der Waals surface area contributed by atoms with Crippen LogP contribution in [0.3, 0.4) is 0 Å². The third-order valence-electron chi connectivity index (χ3n) is 5.29. The molecule has 1 saturated heterocycles. The van der Waals surface area contributed by atoms with Crippen molar-refractivity contribution >= 4 is 11.9 Å². The number of morpholine rings is 1. The standard InChI is InChI=1S/C20H22FN3O4/c1-12-5-6-15(21)17(9-12)24-16-4-2-3-14(16)19(22-24)20(27)23-7-8-28-13(11-23)10-18(25)26/h5-6,9,13H,2-4,7-8,10-11H2,1H3,(H,25,26). The summed E-state index contributed by atoms with van der Waals surface area (Å²) in [5.41, 5.74) is 3.35. The number of ether oxygens (including phenoxy) is 1. The lowest BCUT2D eigenvalue weighted by atomic mass is 10.1. The van der Waals surface area contributed by atoms with Crippen LogP contribution in [0, 0.1) is 12.7 Å². The average Bonchev–Trinajstić information content (AvgIpc) is 3.25. The molecule has 1 amide bonds. The van der Waals surface area contributed by atoms with Crippen molar-refractivity contribution in [2.75, 3.05) is 19.7 Å². The van der Waals surface area contributed by atoms with Crippen molar-refractivity contribution in [2.45, 2.75) is 38.7 Å². The highest BCUT2D eigenvalue weighted by atomic mass is 19.1. The van der Waals surface area contributed by atoms with Crippen molar-refractivity contribution in [3.63, 3.8) is 0 Å². The van der Waals surface area contributed by atoms with E-state index in [1.165, 1.54) is 6.07 Å². The Labute approximate surface area is 161 Å². The molecule has 0 bridgehead atoms. The molecule has 148 valence electrons. The zero-order chi connectivity index (χ0) is 19.8. The fourth-order valence-electron chi connectivity index (χ4n) is 3.97. The topological polar surface area (TPSA) is 84.7 Å². The highest BCUT2D eigenvalue weighted by Crippen LogP contribution is 2.30. The number of aromatic nitrogens is 2. The Balaban J connectivity index is 1.66. The quantitative estimate of drug-likeness (QED) is 0.869. The van der Waals surface area contributed by atoms with Crippen LogP contribution in [0.1, 0.15) is 40.2 Å². The van der Waals surface area contributed by atoms with Gasteiger partial charge in [0.05, 0.1) is 19.1 Å². The van der Waals surface area contributed by atoms with Crippen LogP contribution in [0.15, 0.2) is 18.2 Å². The first kappa shape index (κ1) is 18.6. The van der Waals surface area contributed by atoms with Crippen LogP contribution in [0.2, 0.25) is 0 Å². The van der Waals surface area contributed by atoms with Crippen LogP contribution in [0.25, 0.3) is 5.69 Å². The molecular weight excluding hydrogens is 365 g/mol. The van der Waals surface area contributed by atoms with E-state index in [-0.39, 0.29) is 24.7 Å². The fraction of sp³-hybridized carbons (Fsp3) is 0.450. The smallest absolute Gasteiger partial charge is 0.306 e. The Kier molecular flexibility index (Phi) is 4.89. The van der Waals surface area contributed by atoms with E-state index in [4.69, 9.17) is 9.84 Å². The average molecular weight is 387 g/mol. The monoisotopic (exact) mass is 387 g/mol. The molecular formula is C20H22FN3O4. The first-order chi connectivity index (χ1) is 13.4. The number of carbonyl (C=O) groups is 2. The predicted molar refractivity (Wildman–Crippen MR) is 98.2 cm³/mol. The van der Waals surface area contributed by atoms with Crippen molar-refractivity contribution < 1.29 is 23.8 Å². The molecule has 4 rings (SSSR count). The lowest BCUT2D eigenvalue weighted by molar-refractivity contribution is -0.141. The minimum Gasteiger partial charge on any atom is -0.481 e. The summed E-state index contributed by atoms with van der Waals surface area (Å²) in [7, 11) is 0. The van der Waals surface area contributed by atoms with Gasteiger partial charge in [-0.15, -0.1) is 0 Å². The number of hydrogen-bond donors (Lipinski definition) is 1. The number of benzene rings is 1. The van der Waals surface area contributed by atoms with Gasteiger partial charge in [0, 0.05) is 24.3 Å². The molecule has 2 aromatic rings. The number of carboxylic acid groups (broad SMARTS) is 1. The molecule has 1 N–H and O–H groups in total. The molecule has 1 aromatic heterocycles. The van der Waals surface area contributed by atoms with E-state index in [2.05, 4.69) is 5.10 Å². The van der Waals surface area contributed by atoms with Gasteiger partial charge in [0.1, 0.15) is 11.5 Å². The minimum atomic E-state index is -0.959. The number of rotatable bonds is 4. The third kappa shape index (κ3) is 3.40. The van der Waals surface area contributed by atoms with E-state index in [1.54, 1.807) is 21.7 Å². The summed E-state index contributed by atoms with van der Waals surface area (Å²) >= 11 is 0. The maximum Gasteiger partial charge on any atom is 0.306 e. The lowest BCUT2D eigenvalue weighted by Gasteiger charge is -2.32. The molecule has 0 saturated carbocycles. The Hall–Kier alpha value is -2.74. The van der Waals surface area contributed by atoms with Gasteiger partial charge in [0.2, 0.25) is 0 Å². The number of fused-ring (bicyclic) bond motifs is 1. The largest absolute Gasteiger partial charge is 0.481 e. The summed E-state index contributed by atoms with van der Waals surface area (Å²) < 4.78 is 21.4. The normalized spacial score (nSPS) is 18.9. The second-order valence-electron chi connectivity index (χ2n) is 7.34. The van der Waals surface area contributed by atoms with Crippen LogP contribution < -0.4 is 0 Å². The predicted octanol–water partition coefficient (Wildman–Crippen LogP) is 2.12. The summed E-state index contributed by atoms with van der Waals surface area (Å²) in [6.45, 7) is 2.77. The van der Waals surface area contributed by atoms with Crippen molar-refractivity contribution in [2.24, 2.45) is 0 Å². The SMILES string of the molecule is Cc1ccc(F)c(-n2nc(C(=O)N3CCOC(CC(=O)O)C3)c3c2CCC3)c1. The van der Waals surface area contributed by atoms with Gasteiger partial charge in [-0.25, -0.2) is 9.07 Å². The molecule has 2 aliphatic rings. The molecule has 8 heteroatoms. The molecule has 1 aliphatic carbocycles. The van der Waals surface area contributed by atoms with Crippen LogP contribution in [0.5, 0.6) is 0 Å². The number of carboxylic acids is 1. The molecule has 2 heterocycles. The van der Waals surface area contributed by atoms with Crippen LogP contribution in [0.4, 0.5) is 4.39 Å². The molecule has 1 aliphatic heterocycles. The number of aliphatic carboxylic acids is 1. The van der Waals surface area contributed by atoms with Gasteiger partial charge < -0.3 is 14.7 Å². The van der Waals surface area contributed by atoms with Gasteiger partial charge in [-0.3, -0.25) is 9.59 Å². The molecule has 1 fully saturated rings. The van der Waals surface area contributed by atoms with Gasteiger partial charge in [-0.05, 0) is 43.9 Å². The van der Waals surface area contributed by atoms with Gasteiger partial charge in [0.15, 0.2) is 5.69 Å². The van der Waals surface area contributed by atoms with Gasteiger partial charge in [0.25, 0.3) is 5.91 Å². The second kappa shape index (κ2) is 7.35. The van der Waals surface area contributed by atoms with Gasteiger partial charge >= 0.3 is 5.97 Å². The van der Waals surface area contributed by atoms with Gasteiger partial charge in [-0.1, -0.05) is 6.07 Å². The molecule has 1 unspecified atom stereocenters. The second-order valence-corrected chi connectivity index (χ2v) is 7.34. The fourth-order valence-corrected chi connectivity index (χ4v) is 3.97. The molecule has 1 aromatic carbocycles. The molecule has 0 spiro atoms. The van der Waals surface area contributed by atoms with E-state index >= 15 is 0 Å². The lowest BCUT2D eigenvalue weighted by Crippen LogP contribution is -2.46. The number of carbonyl (C=O) groups excluding carboxylic acids is 1. The number of nitrogens with zero attached hydrogens (tertiary/aromatic N) is 3. The van der Waals surface area contributed by atoms with E-state index in [0.717, 1.165) is 36.1 Å². The van der Waals surface area contributed by atoms with Crippen molar-refractivity contribution in [3.8, 4) is 5.69 Å². The summed E-state index contributed by atoms with van der Waals surface area (Å²) in [5.74, 6) is -1.59. The number of amides is 1. The Morgan fingerprint density at radius 2 is 2.18 bits per heavy atom. The highest BCUT2D eigenvalue weighted by Gasteiger charge is 2.33. The summed E-state index contributed by atoms with van der Waals surface area (Å²) in [5, 5.41) is 13.5. The molecule has 1 atom stereocenters. The minimum absolute atomic E-state index is 0.148. The third-order valence-corrected chi connectivity index (χ3v) is 5.29. The van der Waals surface area contributed by atoms with E-state index < -0.39 is 12.1 Å². The van der Waals surface area contributed by atoms with Gasteiger partial charge in [-0.2, -0.15) is 5.10 Å². The maximum absolute atomic E-state index is 14.4. The first-order valence-electron chi connectivity index (χ1n) is 9.44. The molecule has 7 nitrogen and oxygen atoms in total. The summed E-state index contributed by atoms with van der Waals surface area (Å²) in [4.78, 5) is 25.7. The van der Waals surface area contributed by atoms with E-state index in [1.807, 2.05) is 6.92 Å². The number of halogens is 1. The van der Waals surface area contributed by atoms with Crippen molar-refractivity contribution in [3.05, 3.63) is 46.5 Å². The first-order valence-corrected chi connectivity index (χ1v) is 9.44. The van der Waals surface area contributed by atoms with E-state index in [9.17, 15) is 14.0 Å². The van der Waals surface area contributed by atoms with Crippen molar-refractivity contribution in [1.29, 1.82) is 0 Å². The number of hydrogen-bond acceptors (Lipinski definition) is 4. The summed E-state index contributed by atoms with van der Waals surface area (Å²) in [6, 6.07) is 4.84. The van der Waals surface area contributed by atoms with Crippen LogP contribution in [-0.4, -0.2) is 57.5 Å². The zero-order valence-corrected chi connectivity index (χ0v) is 15.7. The van der Waals surface area contributed by atoms with Crippen LogP contribution in [-0.2, 0) is 22.4 Å². The van der Waals surface area contributed by atoms with E-state index in [0.29, 0.717) is 24.5 Å². The number of aryl methyl sites for hydroxylation is 1. The Morgan fingerprint density at radius 1 is 1.36 bits per heavy atom. The highest BCUT2D eigenvalue weighted by molar-refractivity contribution is 5.94. The molecule has 0 radical (unpaired) electrons. The Bertz CT molecular complexity index is 940. The maximum atomic E-state index is 14.4.